The quantitative estimate of drug-likeness (QED) is 0.639. The molecule has 0 fully saturated rings. The van der Waals surface area contributed by atoms with E-state index in [1.165, 1.54) is 0 Å². The molecule has 0 atom stereocenters. The first-order valence-electron chi connectivity index (χ1n) is 4.76. The van der Waals surface area contributed by atoms with Gasteiger partial charge in [0.25, 0.3) is 0 Å². The third-order valence-electron chi connectivity index (χ3n) is 2.60. The summed E-state index contributed by atoms with van der Waals surface area (Å²) in [5.41, 5.74) is 3.59. The highest BCUT2D eigenvalue weighted by molar-refractivity contribution is 5.95. The number of esters is 1. The molecule has 0 radical (unpaired) electrons. The highest BCUT2D eigenvalue weighted by Gasteiger charge is 2.27. The van der Waals surface area contributed by atoms with Crippen molar-refractivity contribution in [3.63, 3.8) is 0 Å². The number of cyclic esters (lactones) is 1. The second-order valence-corrected chi connectivity index (χ2v) is 3.88. The maximum absolute atomic E-state index is 11.5. The maximum atomic E-state index is 11.5. The Morgan fingerprint density at radius 3 is 2.86 bits per heavy atom. The van der Waals surface area contributed by atoms with Gasteiger partial charge in [-0.2, -0.15) is 0 Å². The molecule has 0 saturated heterocycles. The molecule has 3 nitrogen and oxygen atoms in total. The van der Waals surface area contributed by atoms with E-state index < -0.39 is 0 Å². The Balaban J connectivity index is 2.66. The summed E-state index contributed by atoms with van der Waals surface area (Å²) < 4.78 is 5.02. The molecule has 0 unspecified atom stereocenters. The first-order valence-corrected chi connectivity index (χ1v) is 4.76. The molecule has 1 aromatic rings. The van der Waals surface area contributed by atoms with Crippen LogP contribution in [0.2, 0.25) is 0 Å². The zero-order chi connectivity index (χ0) is 10.3. The van der Waals surface area contributed by atoms with Crippen molar-refractivity contribution in [1.82, 2.24) is 4.98 Å². The van der Waals surface area contributed by atoms with Crippen LogP contribution < -0.4 is 0 Å². The van der Waals surface area contributed by atoms with Gasteiger partial charge >= 0.3 is 5.97 Å². The average molecular weight is 191 g/mol. The number of hydrogen-bond acceptors (Lipinski definition) is 3. The van der Waals surface area contributed by atoms with Crippen molar-refractivity contribution in [1.29, 1.82) is 0 Å². The molecule has 2 heterocycles. The molecule has 1 aromatic heterocycles. The summed E-state index contributed by atoms with van der Waals surface area (Å²) in [5.74, 6) is 0.108. The summed E-state index contributed by atoms with van der Waals surface area (Å²) in [5, 5.41) is 0. The van der Waals surface area contributed by atoms with Crippen molar-refractivity contribution in [3.05, 3.63) is 28.6 Å². The largest absolute Gasteiger partial charge is 0.457 e. The lowest BCUT2D eigenvalue weighted by Gasteiger charge is -2.09. The predicted molar refractivity (Wildman–Crippen MR) is 52.2 cm³/mol. The Bertz CT molecular complexity index is 397. The number of aryl methyl sites for hydroxylation is 1. The Morgan fingerprint density at radius 2 is 2.21 bits per heavy atom. The second-order valence-electron chi connectivity index (χ2n) is 3.88. The number of hydrogen-bond donors (Lipinski definition) is 0. The van der Waals surface area contributed by atoms with Crippen LogP contribution >= 0.6 is 0 Å². The van der Waals surface area contributed by atoms with Crippen LogP contribution in [0.5, 0.6) is 0 Å². The number of aromatic nitrogens is 1. The number of nitrogens with zero attached hydrogens (tertiary/aromatic N) is 1. The molecule has 0 amide bonds. The van der Waals surface area contributed by atoms with Crippen LogP contribution in [0.1, 0.15) is 46.9 Å². The van der Waals surface area contributed by atoms with E-state index in [-0.39, 0.29) is 5.97 Å². The van der Waals surface area contributed by atoms with Crippen molar-refractivity contribution < 1.29 is 9.53 Å². The number of ether oxygens (including phenoxy) is 1. The van der Waals surface area contributed by atoms with E-state index in [1.807, 2.05) is 6.92 Å². The molecular weight excluding hydrogens is 178 g/mol. The fourth-order valence-corrected chi connectivity index (χ4v) is 1.73. The fourth-order valence-electron chi connectivity index (χ4n) is 1.73. The van der Waals surface area contributed by atoms with Crippen LogP contribution in [0, 0.1) is 6.92 Å². The number of fused-ring (bicyclic) bond motifs is 1. The predicted octanol–water partition coefficient (Wildman–Crippen LogP) is 2.18. The lowest BCUT2D eigenvalue weighted by atomic mass is 9.96. The topological polar surface area (TPSA) is 39.2 Å². The molecule has 0 saturated carbocycles. The zero-order valence-electron chi connectivity index (χ0n) is 8.63. The van der Waals surface area contributed by atoms with Crippen LogP contribution in [0.4, 0.5) is 0 Å². The van der Waals surface area contributed by atoms with Crippen molar-refractivity contribution in [2.45, 2.75) is 33.3 Å². The molecule has 3 heteroatoms. The smallest absolute Gasteiger partial charge is 0.339 e. The first kappa shape index (κ1) is 9.19. The van der Waals surface area contributed by atoms with Crippen LogP contribution in [-0.4, -0.2) is 11.0 Å². The van der Waals surface area contributed by atoms with Gasteiger partial charge in [0.1, 0.15) is 6.61 Å². The Hall–Kier alpha value is -1.38. The van der Waals surface area contributed by atoms with Crippen LogP contribution in [0.15, 0.2) is 6.20 Å². The first-order chi connectivity index (χ1) is 6.61. The van der Waals surface area contributed by atoms with Gasteiger partial charge in [0.05, 0.1) is 5.56 Å². The summed E-state index contributed by atoms with van der Waals surface area (Å²) in [7, 11) is 0. The molecule has 0 bridgehead atoms. The Labute approximate surface area is 83.1 Å². The van der Waals surface area contributed by atoms with E-state index in [0.717, 1.165) is 22.4 Å². The maximum Gasteiger partial charge on any atom is 0.339 e. The van der Waals surface area contributed by atoms with Crippen molar-refractivity contribution in [2.75, 3.05) is 0 Å². The van der Waals surface area contributed by atoms with E-state index in [1.54, 1.807) is 6.20 Å². The third kappa shape index (κ3) is 1.20. The third-order valence-corrected chi connectivity index (χ3v) is 2.60. The minimum atomic E-state index is -0.200. The average Bonchev–Trinajstić information content (AvgIpc) is 2.50. The molecule has 0 spiro atoms. The molecule has 1 aliphatic rings. The minimum absolute atomic E-state index is 0.200. The monoisotopic (exact) mass is 191 g/mol. The van der Waals surface area contributed by atoms with Crippen molar-refractivity contribution >= 4 is 5.97 Å². The molecular formula is C11H13NO2. The van der Waals surface area contributed by atoms with Crippen molar-refractivity contribution in [2.24, 2.45) is 0 Å². The van der Waals surface area contributed by atoms with Crippen LogP contribution in [-0.2, 0) is 11.3 Å². The standard InChI is InChI=1S/C11H13NO2/c1-6(2)8-4-12-7(3)9-5-14-11(13)10(8)9/h4,6H,5H2,1-3H3. The molecule has 74 valence electrons. The summed E-state index contributed by atoms with van der Waals surface area (Å²) in [4.78, 5) is 15.8. The van der Waals surface area contributed by atoms with Gasteiger partial charge in [0, 0.05) is 17.5 Å². The minimum Gasteiger partial charge on any atom is -0.457 e. The van der Waals surface area contributed by atoms with Gasteiger partial charge in [-0.3, -0.25) is 4.98 Å². The number of carbonyl (C=O) groups excluding carboxylic acids is 1. The van der Waals surface area contributed by atoms with Gasteiger partial charge in [-0.15, -0.1) is 0 Å². The molecule has 0 aliphatic carbocycles. The summed E-state index contributed by atoms with van der Waals surface area (Å²) in [6, 6.07) is 0. The zero-order valence-corrected chi connectivity index (χ0v) is 8.63. The number of carbonyl (C=O) groups is 1. The van der Waals surface area contributed by atoms with E-state index in [9.17, 15) is 4.79 Å². The highest BCUT2D eigenvalue weighted by atomic mass is 16.5. The molecule has 0 N–H and O–H groups in total. The van der Waals surface area contributed by atoms with Gasteiger partial charge in [-0.05, 0) is 18.4 Å². The molecule has 1 aliphatic heterocycles. The number of pyridine rings is 1. The lowest BCUT2D eigenvalue weighted by Crippen LogP contribution is -2.04. The normalized spacial score (nSPS) is 14.4. The van der Waals surface area contributed by atoms with Gasteiger partial charge in [0.2, 0.25) is 0 Å². The van der Waals surface area contributed by atoms with E-state index in [0.29, 0.717) is 12.5 Å². The van der Waals surface area contributed by atoms with Crippen molar-refractivity contribution in [3.8, 4) is 0 Å². The molecule has 2 rings (SSSR count). The molecule has 14 heavy (non-hydrogen) atoms. The van der Waals surface area contributed by atoms with E-state index in [2.05, 4.69) is 18.8 Å². The van der Waals surface area contributed by atoms with Gasteiger partial charge in [0.15, 0.2) is 0 Å². The van der Waals surface area contributed by atoms with Crippen LogP contribution in [0.25, 0.3) is 0 Å². The summed E-state index contributed by atoms with van der Waals surface area (Å²) in [6.07, 6.45) is 1.78. The van der Waals surface area contributed by atoms with E-state index >= 15 is 0 Å². The second kappa shape index (κ2) is 3.08. The van der Waals surface area contributed by atoms with Gasteiger partial charge in [-0.1, -0.05) is 13.8 Å². The van der Waals surface area contributed by atoms with Crippen LogP contribution in [0.3, 0.4) is 0 Å². The summed E-state index contributed by atoms with van der Waals surface area (Å²) >= 11 is 0. The fraction of sp³-hybridized carbons (Fsp3) is 0.455. The number of rotatable bonds is 1. The SMILES string of the molecule is Cc1ncc(C(C)C)c2c1COC2=O. The highest BCUT2D eigenvalue weighted by Crippen LogP contribution is 2.29. The Morgan fingerprint density at radius 1 is 1.50 bits per heavy atom. The Kier molecular flexibility index (Phi) is 2.02. The molecule has 0 aromatic carbocycles. The summed E-state index contributed by atoms with van der Waals surface area (Å²) in [6.45, 7) is 6.40. The van der Waals surface area contributed by atoms with E-state index in [4.69, 9.17) is 4.74 Å². The van der Waals surface area contributed by atoms with Gasteiger partial charge < -0.3 is 4.74 Å². The van der Waals surface area contributed by atoms with Gasteiger partial charge in [-0.25, -0.2) is 4.79 Å². The lowest BCUT2D eigenvalue weighted by molar-refractivity contribution is 0.0534.